The van der Waals surface area contributed by atoms with Crippen LogP contribution < -0.4 is 0 Å². The van der Waals surface area contributed by atoms with E-state index in [0.29, 0.717) is 11.2 Å². The minimum Gasteiger partial charge on any atom is -0.463 e. The van der Waals surface area contributed by atoms with Crippen molar-refractivity contribution in [3.63, 3.8) is 0 Å². The molecule has 1 aliphatic rings. The van der Waals surface area contributed by atoms with Crippen LogP contribution in [0.4, 0.5) is 0 Å². The molecule has 0 saturated carbocycles. The van der Waals surface area contributed by atoms with Gasteiger partial charge in [0.1, 0.15) is 6.61 Å². The molecule has 15 heavy (non-hydrogen) atoms. The molecule has 0 spiro atoms. The zero-order chi connectivity index (χ0) is 11.3. The highest BCUT2D eigenvalue weighted by molar-refractivity contribution is 8.17. The van der Waals surface area contributed by atoms with E-state index in [4.69, 9.17) is 4.74 Å². The van der Waals surface area contributed by atoms with Crippen LogP contribution in [0.2, 0.25) is 0 Å². The Balaban J connectivity index is 2.26. The van der Waals surface area contributed by atoms with Crippen molar-refractivity contribution in [2.45, 2.75) is 38.2 Å². The molecule has 1 aliphatic heterocycles. The molecule has 0 amide bonds. The Morgan fingerprint density at radius 1 is 1.40 bits per heavy atom. The van der Waals surface area contributed by atoms with Crippen molar-refractivity contribution in [2.24, 2.45) is 5.41 Å². The predicted octanol–water partition coefficient (Wildman–Crippen LogP) is 3.16. The first-order valence-electron chi connectivity index (χ1n) is 5.46. The van der Waals surface area contributed by atoms with Crippen molar-refractivity contribution >= 4 is 29.5 Å². The van der Waals surface area contributed by atoms with E-state index >= 15 is 0 Å². The van der Waals surface area contributed by atoms with Gasteiger partial charge in [-0.15, -0.1) is 23.5 Å². The Bertz CT molecular complexity index is 211. The minimum absolute atomic E-state index is 0.0585. The molecule has 0 unspecified atom stereocenters. The third-order valence-electron chi connectivity index (χ3n) is 2.68. The average Bonchev–Trinajstić information content (AvgIpc) is 2.27. The lowest BCUT2D eigenvalue weighted by atomic mass is 9.91. The van der Waals surface area contributed by atoms with Crippen LogP contribution in [-0.2, 0) is 9.53 Å². The first kappa shape index (κ1) is 13.2. The summed E-state index contributed by atoms with van der Waals surface area (Å²) in [6, 6.07) is 0. The third-order valence-corrected chi connectivity index (χ3v) is 5.56. The van der Waals surface area contributed by atoms with E-state index in [1.165, 1.54) is 17.9 Å². The normalized spacial score (nSPS) is 18.9. The smallest absolute Gasteiger partial charge is 0.311 e. The third kappa shape index (κ3) is 4.27. The molecular formula is C11H20O2S2. The maximum absolute atomic E-state index is 11.7. The molecule has 0 aliphatic carbocycles. The van der Waals surface area contributed by atoms with Crippen LogP contribution in [0, 0.1) is 5.41 Å². The van der Waals surface area contributed by atoms with Crippen LogP contribution in [-0.4, -0.2) is 28.7 Å². The number of hydrogen-bond acceptors (Lipinski definition) is 4. The molecule has 0 bridgehead atoms. The minimum atomic E-state index is -0.329. The largest absolute Gasteiger partial charge is 0.463 e. The molecule has 0 aromatic heterocycles. The number of ether oxygens (including phenoxy) is 1. The summed E-state index contributed by atoms with van der Waals surface area (Å²) >= 11 is 3.82. The Kier molecular flexibility index (Phi) is 5.33. The molecule has 0 N–H and O–H groups in total. The van der Waals surface area contributed by atoms with Crippen molar-refractivity contribution < 1.29 is 9.53 Å². The van der Waals surface area contributed by atoms with E-state index in [1.807, 2.05) is 44.3 Å². The quantitative estimate of drug-likeness (QED) is 0.714. The van der Waals surface area contributed by atoms with Crippen molar-refractivity contribution in [3.8, 4) is 0 Å². The standard InChI is InChI=1S/C11H20O2S2/c1-4-11(2,3)10(12)13-8-9-14-6-5-7-15-9/h9H,4-8H2,1-3H3. The van der Waals surface area contributed by atoms with Crippen LogP contribution in [0.25, 0.3) is 0 Å². The van der Waals surface area contributed by atoms with Gasteiger partial charge in [0.15, 0.2) is 0 Å². The van der Waals surface area contributed by atoms with Gasteiger partial charge in [0.25, 0.3) is 0 Å². The van der Waals surface area contributed by atoms with E-state index in [0.717, 1.165) is 6.42 Å². The van der Waals surface area contributed by atoms with Gasteiger partial charge in [0.05, 0.1) is 10.00 Å². The number of rotatable bonds is 4. The molecule has 1 saturated heterocycles. The van der Waals surface area contributed by atoms with Crippen LogP contribution in [0.5, 0.6) is 0 Å². The summed E-state index contributed by atoms with van der Waals surface area (Å²) in [5.41, 5.74) is -0.329. The fourth-order valence-corrected chi connectivity index (χ4v) is 3.74. The summed E-state index contributed by atoms with van der Waals surface area (Å²) in [6.45, 7) is 6.47. The lowest BCUT2D eigenvalue weighted by molar-refractivity contribution is -0.153. The lowest BCUT2D eigenvalue weighted by Gasteiger charge is -2.24. The number of carbonyl (C=O) groups is 1. The second-order valence-corrected chi connectivity index (χ2v) is 7.28. The topological polar surface area (TPSA) is 26.3 Å². The zero-order valence-corrected chi connectivity index (χ0v) is 11.4. The molecule has 0 atom stereocenters. The van der Waals surface area contributed by atoms with E-state index in [-0.39, 0.29) is 11.4 Å². The monoisotopic (exact) mass is 248 g/mol. The Morgan fingerprint density at radius 2 is 2.00 bits per heavy atom. The van der Waals surface area contributed by atoms with Gasteiger partial charge in [-0.2, -0.15) is 0 Å². The summed E-state index contributed by atoms with van der Waals surface area (Å²) in [5, 5.41) is 0. The van der Waals surface area contributed by atoms with Gasteiger partial charge in [0.2, 0.25) is 0 Å². The zero-order valence-electron chi connectivity index (χ0n) is 9.75. The van der Waals surface area contributed by atoms with Crippen molar-refractivity contribution in [2.75, 3.05) is 18.1 Å². The molecule has 4 heteroatoms. The highest BCUT2D eigenvalue weighted by atomic mass is 32.2. The summed E-state index contributed by atoms with van der Waals surface area (Å²) in [4.78, 5) is 11.7. The second-order valence-electron chi connectivity index (χ2n) is 4.36. The maximum Gasteiger partial charge on any atom is 0.311 e. The number of thioether (sulfide) groups is 2. The number of esters is 1. The molecule has 1 fully saturated rings. The van der Waals surface area contributed by atoms with Crippen molar-refractivity contribution in [3.05, 3.63) is 0 Å². The van der Waals surface area contributed by atoms with Gasteiger partial charge in [-0.3, -0.25) is 4.79 Å². The van der Waals surface area contributed by atoms with E-state index < -0.39 is 0 Å². The average molecular weight is 248 g/mol. The lowest BCUT2D eigenvalue weighted by Crippen LogP contribution is -2.28. The van der Waals surface area contributed by atoms with E-state index in [9.17, 15) is 4.79 Å². The van der Waals surface area contributed by atoms with E-state index in [1.54, 1.807) is 0 Å². The summed E-state index contributed by atoms with van der Waals surface area (Å²) in [7, 11) is 0. The molecule has 2 nitrogen and oxygen atoms in total. The molecular weight excluding hydrogens is 228 g/mol. The molecule has 88 valence electrons. The Morgan fingerprint density at radius 3 is 2.53 bits per heavy atom. The summed E-state index contributed by atoms with van der Waals surface area (Å²) in [5.74, 6) is 2.34. The summed E-state index contributed by atoms with van der Waals surface area (Å²) in [6.07, 6.45) is 2.11. The van der Waals surface area contributed by atoms with Crippen molar-refractivity contribution in [1.29, 1.82) is 0 Å². The fourth-order valence-electron chi connectivity index (χ4n) is 1.12. The van der Waals surface area contributed by atoms with Crippen molar-refractivity contribution in [1.82, 2.24) is 0 Å². The van der Waals surface area contributed by atoms with Gasteiger partial charge >= 0.3 is 5.97 Å². The maximum atomic E-state index is 11.7. The number of hydrogen-bond donors (Lipinski definition) is 0. The predicted molar refractivity (Wildman–Crippen MR) is 68.4 cm³/mol. The molecule has 0 radical (unpaired) electrons. The highest BCUT2D eigenvalue weighted by Crippen LogP contribution is 2.31. The first-order valence-corrected chi connectivity index (χ1v) is 7.56. The van der Waals surface area contributed by atoms with Gasteiger partial charge < -0.3 is 4.74 Å². The van der Waals surface area contributed by atoms with Gasteiger partial charge in [-0.05, 0) is 38.2 Å². The second kappa shape index (κ2) is 6.04. The Labute approximate surface area is 101 Å². The molecule has 0 aromatic rings. The fraction of sp³-hybridized carbons (Fsp3) is 0.909. The SMILES string of the molecule is CCC(C)(C)C(=O)OCC1SCCCS1. The van der Waals surface area contributed by atoms with Gasteiger partial charge in [0, 0.05) is 0 Å². The molecule has 1 heterocycles. The molecule has 0 aromatic carbocycles. The first-order chi connectivity index (χ1) is 7.06. The summed E-state index contributed by atoms with van der Waals surface area (Å²) < 4.78 is 5.81. The van der Waals surface area contributed by atoms with Crippen LogP contribution >= 0.6 is 23.5 Å². The van der Waals surface area contributed by atoms with Crippen LogP contribution in [0.15, 0.2) is 0 Å². The van der Waals surface area contributed by atoms with E-state index in [2.05, 4.69) is 0 Å². The molecule has 1 rings (SSSR count). The number of carbonyl (C=O) groups excluding carboxylic acids is 1. The van der Waals surface area contributed by atoms with Crippen LogP contribution in [0.1, 0.15) is 33.6 Å². The van der Waals surface area contributed by atoms with Gasteiger partial charge in [-0.25, -0.2) is 0 Å². The van der Waals surface area contributed by atoms with Crippen LogP contribution in [0.3, 0.4) is 0 Å². The Hall–Kier alpha value is 0.170. The van der Waals surface area contributed by atoms with Gasteiger partial charge in [-0.1, -0.05) is 6.92 Å². The highest BCUT2D eigenvalue weighted by Gasteiger charge is 2.28.